The first-order valence-electron chi connectivity index (χ1n) is 6.64. The molecule has 0 saturated heterocycles. The van der Waals surface area contributed by atoms with Crippen molar-refractivity contribution in [3.05, 3.63) is 71.8 Å². The van der Waals surface area contributed by atoms with Gasteiger partial charge in [0.15, 0.2) is 0 Å². The van der Waals surface area contributed by atoms with Crippen LogP contribution in [-0.4, -0.2) is 20.0 Å². The van der Waals surface area contributed by atoms with Gasteiger partial charge in [0.05, 0.1) is 23.6 Å². The number of aryl methyl sites for hydroxylation is 1. The topological polar surface area (TPSA) is 81.6 Å². The summed E-state index contributed by atoms with van der Waals surface area (Å²) in [4.78, 5) is 4.21. The lowest BCUT2D eigenvalue weighted by atomic mass is 10.1. The number of nitrogens with one attached hydrogen (secondary N) is 1. The molecule has 0 aliphatic heterocycles. The second-order valence-corrected chi connectivity index (χ2v) is 4.74. The van der Waals surface area contributed by atoms with Gasteiger partial charge in [-0.25, -0.2) is 10.1 Å². The number of nitrogens with zero attached hydrogens (tertiary/aromatic N) is 4. The van der Waals surface area contributed by atoms with Crippen molar-refractivity contribution in [1.82, 2.24) is 25.4 Å². The van der Waals surface area contributed by atoms with Gasteiger partial charge in [0.2, 0.25) is 0 Å². The molecule has 21 heavy (non-hydrogen) atoms. The van der Waals surface area contributed by atoms with Crippen LogP contribution in [0.25, 0.3) is 5.69 Å². The third-order valence-electron chi connectivity index (χ3n) is 3.29. The fourth-order valence-corrected chi connectivity index (χ4v) is 2.31. The van der Waals surface area contributed by atoms with Crippen LogP contribution in [0.5, 0.6) is 0 Å². The molecule has 0 radical (unpaired) electrons. The Labute approximate surface area is 122 Å². The maximum Gasteiger partial charge on any atom is 0.0900 e. The van der Waals surface area contributed by atoms with Crippen molar-refractivity contribution in [1.29, 1.82) is 0 Å². The number of aromatic nitrogens is 4. The quantitative estimate of drug-likeness (QED) is 0.559. The molecule has 3 N–H and O–H groups in total. The van der Waals surface area contributed by atoms with Gasteiger partial charge in [0, 0.05) is 11.9 Å². The van der Waals surface area contributed by atoms with E-state index in [0.29, 0.717) is 0 Å². The zero-order valence-electron chi connectivity index (χ0n) is 11.6. The van der Waals surface area contributed by atoms with E-state index in [2.05, 4.69) is 20.7 Å². The molecule has 0 spiro atoms. The maximum atomic E-state index is 5.75. The van der Waals surface area contributed by atoms with Gasteiger partial charge in [0.1, 0.15) is 0 Å². The number of nitrogens with two attached hydrogens (primary N) is 1. The van der Waals surface area contributed by atoms with E-state index in [1.54, 1.807) is 17.1 Å². The molecule has 3 aromatic rings. The average molecular weight is 280 g/mol. The minimum atomic E-state index is -0.207. The van der Waals surface area contributed by atoms with E-state index >= 15 is 0 Å². The predicted molar refractivity (Wildman–Crippen MR) is 79.5 cm³/mol. The molecular weight excluding hydrogens is 264 g/mol. The van der Waals surface area contributed by atoms with Crippen molar-refractivity contribution < 1.29 is 0 Å². The zero-order chi connectivity index (χ0) is 14.7. The summed E-state index contributed by atoms with van der Waals surface area (Å²) in [5.41, 5.74) is 6.59. The van der Waals surface area contributed by atoms with E-state index < -0.39 is 0 Å². The molecule has 0 aliphatic carbocycles. The third-order valence-corrected chi connectivity index (χ3v) is 3.29. The Bertz CT molecular complexity index is 722. The summed E-state index contributed by atoms with van der Waals surface area (Å²) in [5, 5.41) is 8.18. The van der Waals surface area contributed by atoms with Gasteiger partial charge in [-0.1, -0.05) is 23.4 Å². The molecule has 0 saturated carbocycles. The van der Waals surface area contributed by atoms with Crippen LogP contribution in [0.2, 0.25) is 0 Å². The summed E-state index contributed by atoms with van der Waals surface area (Å²) in [6.45, 7) is 1.95. The van der Waals surface area contributed by atoms with Gasteiger partial charge in [-0.15, -0.1) is 5.10 Å². The van der Waals surface area contributed by atoms with Crippen LogP contribution in [0.15, 0.2) is 54.9 Å². The molecule has 1 atom stereocenters. The largest absolute Gasteiger partial charge is 0.271 e. The van der Waals surface area contributed by atoms with E-state index in [-0.39, 0.29) is 6.04 Å². The lowest BCUT2D eigenvalue weighted by Crippen LogP contribution is -2.30. The highest BCUT2D eigenvalue weighted by atomic mass is 15.4. The molecule has 1 aromatic carbocycles. The van der Waals surface area contributed by atoms with Crippen LogP contribution < -0.4 is 11.3 Å². The van der Waals surface area contributed by atoms with Gasteiger partial charge in [-0.2, -0.15) is 0 Å². The standard InChI is InChI=1S/C15H16N6/c1-11-9-12(7-8-17-11)15(19-16)14-10-18-20-21(14)13-5-3-2-4-6-13/h2-10,15,19H,16H2,1H3. The van der Waals surface area contributed by atoms with Crippen LogP contribution in [0.3, 0.4) is 0 Å². The van der Waals surface area contributed by atoms with Crippen LogP contribution in [-0.2, 0) is 0 Å². The average Bonchev–Trinajstić information content (AvgIpc) is 2.98. The van der Waals surface area contributed by atoms with Crippen LogP contribution in [0.1, 0.15) is 23.0 Å². The first kappa shape index (κ1) is 13.4. The Morgan fingerprint density at radius 1 is 1.19 bits per heavy atom. The molecule has 6 heteroatoms. The van der Waals surface area contributed by atoms with Gasteiger partial charge < -0.3 is 0 Å². The summed E-state index contributed by atoms with van der Waals surface area (Å²) < 4.78 is 1.78. The minimum absolute atomic E-state index is 0.207. The Morgan fingerprint density at radius 2 is 2.00 bits per heavy atom. The third kappa shape index (κ3) is 2.67. The molecule has 3 rings (SSSR count). The number of benzene rings is 1. The predicted octanol–water partition coefficient (Wildman–Crippen LogP) is 1.52. The normalized spacial score (nSPS) is 12.3. The van der Waals surface area contributed by atoms with E-state index in [1.807, 2.05) is 49.4 Å². The van der Waals surface area contributed by atoms with Gasteiger partial charge >= 0.3 is 0 Å². The van der Waals surface area contributed by atoms with Crippen molar-refractivity contribution in [2.24, 2.45) is 5.84 Å². The number of hydrogen-bond acceptors (Lipinski definition) is 5. The summed E-state index contributed by atoms with van der Waals surface area (Å²) in [5.74, 6) is 5.75. The summed E-state index contributed by atoms with van der Waals surface area (Å²) in [7, 11) is 0. The lowest BCUT2D eigenvalue weighted by Gasteiger charge is -2.17. The van der Waals surface area contributed by atoms with E-state index in [0.717, 1.165) is 22.6 Å². The van der Waals surface area contributed by atoms with E-state index in [1.165, 1.54) is 0 Å². The molecule has 0 bridgehead atoms. The lowest BCUT2D eigenvalue weighted by molar-refractivity contribution is 0.594. The molecular formula is C15H16N6. The van der Waals surface area contributed by atoms with E-state index in [4.69, 9.17) is 5.84 Å². The molecule has 0 amide bonds. The SMILES string of the molecule is Cc1cc(C(NN)c2cnnn2-c2ccccc2)ccn1. The molecule has 2 heterocycles. The highest BCUT2D eigenvalue weighted by Gasteiger charge is 2.19. The number of hydrazine groups is 1. The molecule has 1 unspecified atom stereocenters. The Kier molecular flexibility index (Phi) is 3.72. The molecule has 6 nitrogen and oxygen atoms in total. The minimum Gasteiger partial charge on any atom is -0.271 e. The van der Waals surface area contributed by atoms with Crippen molar-refractivity contribution in [2.75, 3.05) is 0 Å². The Balaban J connectivity index is 2.05. The molecule has 2 aromatic heterocycles. The van der Waals surface area contributed by atoms with Crippen LogP contribution in [0.4, 0.5) is 0 Å². The van der Waals surface area contributed by atoms with Crippen molar-refractivity contribution in [2.45, 2.75) is 13.0 Å². The maximum absolute atomic E-state index is 5.75. The monoisotopic (exact) mass is 280 g/mol. The first-order valence-corrected chi connectivity index (χ1v) is 6.64. The van der Waals surface area contributed by atoms with E-state index in [9.17, 15) is 0 Å². The fraction of sp³-hybridized carbons (Fsp3) is 0.133. The van der Waals surface area contributed by atoms with Gasteiger partial charge in [0.25, 0.3) is 0 Å². The van der Waals surface area contributed by atoms with Gasteiger partial charge in [-0.05, 0) is 36.8 Å². The Hall–Kier alpha value is -2.57. The molecule has 0 aliphatic rings. The highest BCUT2D eigenvalue weighted by Crippen LogP contribution is 2.22. The summed E-state index contributed by atoms with van der Waals surface area (Å²) in [6.07, 6.45) is 3.49. The molecule has 0 fully saturated rings. The van der Waals surface area contributed by atoms with Crippen LogP contribution in [0, 0.1) is 6.92 Å². The summed E-state index contributed by atoms with van der Waals surface area (Å²) >= 11 is 0. The second-order valence-electron chi connectivity index (χ2n) is 4.74. The first-order chi connectivity index (χ1) is 10.3. The van der Waals surface area contributed by atoms with Gasteiger partial charge in [-0.3, -0.25) is 10.8 Å². The number of para-hydroxylation sites is 1. The number of hydrogen-bond donors (Lipinski definition) is 2. The zero-order valence-corrected chi connectivity index (χ0v) is 11.6. The number of pyridine rings is 1. The Morgan fingerprint density at radius 3 is 2.71 bits per heavy atom. The highest BCUT2D eigenvalue weighted by molar-refractivity contribution is 5.35. The second kappa shape index (κ2) is 5.82. The molecule has 106 valence electrons. The summed E-state index contributed by atoms with van der Waals surface area (Å²) in [6, 6.07) is 13.6. The van der Waals surface area contributed by atoms with Crippen molar-refractivity contribution in [3.8, 4) is 5.69 Å². The van der Waals surface area contributed by atoms with Crippen molar-refractivity contribution in [3.63, 3.8) is 0 Å². The fourth-order valence-electron chi connectivity index (χ4n) is 2.31. The smallest absolute Gasteiger partial charge is 0.0900 e. The van der Waals surface area contributed by atoms with Crippen LogP contribution >= 0.6 is 0 Å². The number of rotatable bonds is 4. The van der Waals surface area contributed by atoms with Crippen molar-refractivity contribution >= 4 is 0 Å².